The summed E-state index contributed by atoms with van der Waals surface area (Å²) in [6, 6.07) is 3.22. The Morgan fingerprint density at radius 1 is 0.951 bits per heavy atom. The molecular weight excluding hydrogens is 787 g/mol. The number of sulfone groups is 1. The smallest absolute Gasteiger partial charge is 0.343 e. The maximum atomic E-state index is 12.9. The summed E-state index contributed by atoms with van der Waals surface area (Å²) in [5, 5.41) is 14.8. The van der Waals surface area contributed by atoms with E-state index in [0.29, 0.717) is 61.9 Å². The van der Waals surface area contributed by atoms with Crippen molar-refractivity contribution in [3.8, 4) is 5.88 Å². The quantitative estimate of drug-likeness (QED) is 0.164. The Morgan fingerprint density at radius 3 is 2.38 bits per heavy atom. The summed E-state index contributed by atoms with van der Waals surface area (Å²) in [5.41, 5.74) is 3.80. The molecule has 1 aromatic rings. The van der Waals surface area contributed by atoms with E-state index in [1.54, 1.807) is 12.1 Å². The van der Waals surface area contributed by atoms with Gasteiger partial charge >= 0.3 is 11.9 Å². The number of nitrogens with one attached hydrogen (secondary N) is 1. The minimum absolute atomic E-state index is 0.0539. The summed E-state index contributed by atoms with van der Waals surface area (Å²) in [6.45, 7) is 22.9. The monoisotopic (exact) mass is 860 g/mol. The SMILES string of the molecule is C=C(C)[C@@H]1CC[C@]2(NCCN3CCS(=O)(=O)CC3)CC[C@]3(C)[C@H](CC[C@@H]4[C@@]5(C)CC=C(C6=CC[C@](COc7ncccc7C(=O)OC)(C(=O)O)CC6)C(C)(C)[C@@H]5CC[C@]43C)[C@@H]12. The Labute approximate surface area is 365 Å². The molecular formula is C50H73N3O7S. The molecule has 0 unspecified atom stereocenters. The van der Waals surface area contributed by atoms with Crippen molar-refractivity contribution in [2.45, 2.75) is 124 Å². The van der Waals surface area contributed by atoms with Crippen molar-refractivity contribution in [3.05, 3.63) is 59.3 Å². The first-order valence-electron chi connectivity index (χ1n) is 23.4. The molecule has 7 aliphatic rings. The van der Waals surface area contributed by atoms with Crippen LogP contribution in [0.3, 0.4) is 0 Å². The number of nitrogens with zero attached hydrogens (tertiary/aromatic N) is 2. The molecule has 0 aromatic carbocycles. The van der Waals surface area contributed by atoms with Crippen molar-refractivity contribution in [3.63, 3.8) is 0 Å². The lowest BCUT2D eigenvalue weighted by atomic mass is 9.33. The zero-order valence-electron chi connectivity index (χ0n) is 38.1. The zero-order valence-corrected chi connectivity index (χ0v) is 38.9. The highest BCUT2D eigenvalue weighted by Crippen LogP contribution is 2.76. The molecule has 4 saturated carbocycles. The molecule has 10 atom stereocenters. The van der Waals surface area contributed by atoms with Crippen molar-refractivity contribution in [2.75, 3.05) is 51.4 Å². The van der Waals surface area contributed by atoms with Gasteiger partial charge in [0, 0.05) is 37.9 Å². The highest BCUT2D eigenvalue weighted by atomic mass is 32.2. The number of hydrogen-bond donors (Lipinski definition) is 2. The van der Waals surface area contributed by atoms with Crippen molar-refractivity contribution in [2.24, 2.45) is 56.7 Å². The van der Waals surface area contributed by atoms with Crippen LogP contribution in [0.2, 0.25) is 0 Å². The number of fused-ring (bicyclic) bond motifs is 7. The van der Waals surface area contributed by atoms with E-state index in [0.717, 1.165) is 19.5 Å². The van der Waals surface area contributed by atoms with Crippen molar-refractivity contribution < 1.29 is 32.6 Å². The average molecular weight is 860 g/mol. The first-order chi connectivity index (χ1) is 28.8. The number of carbonyl (C=O) groups is 2. The number of carbonyl (C=O) groups excluding carboxylic acids is 1. The largest absolute Gasteiger partial charge is 0.481 e. The molecule has 5 fully saturated rings. The predicted molar refractivity (Wildman–Crippen MR) is 239 cm³/mol. The highest BCUT2D eigenvalue weighted by Gasteiger charge is 2.70. The number of aromatic nitrogens is 1. The molecule has 0 bridgehead atoms. The number of ether oxygens (including phenoxy) is 2. The van der Waals surface area contributed by atoms with Gasteiger partial charge in [0.05, 0.1) is 18.6 Å². The van der Waals surface area contributed by atoms with Crippen LogP contribution >= 0.6 is 0 Å². The molecule has 1 aliphatic heterocycles. The van der Waals surface area contributed by atoms with E-state index in [1.165, 1.54) is 81.4 Å². The second-order valence-corrected chi connectivity index (χ2v) is 24.3. The molecule has 1 aromatic heterocycles. The predicted octanol–water partition coefficient (Wildman–Crippen LogP) is 8.69. The van der Waals surface area contributed by atoms with Gasteiger partial charge in [-0.3, -0.25) is 4.79 Å². The van der Waals surface area contributed by atoms with Crippen molar-refractivity contribution >= 4 is 21.8 Å². The van der Waals surface area contributed by atoms with Gasteiger partial charge in [-0.05, 0) is 159 Å². The van der Waals surface area contributed by atoms with E-state index in [2.05, 4.69) is 75.5 Å². The molecule has 1 saturated heterocycles. The Kier molecular flexibility index (Phi) is 11.6. The Bertz CT molecular complexity index is 2080. The third-order valence-electron chi connectivity index (χ3n) is 19.1. The summed E-state index contributed by atoms with van der Waals surface area (Å²) >= 11 is 0. The lowest BCUT2D eigenvalue weighted by Gasteiger charge is -2.72. The van der Waals surface area contributed by atoms with Crippen molar-refractivity contribution in [1.29, 1.82) is 0 Å². The van der Waals surface area contributed by atoms with Gasteiger partial charge < -0.3 is 24.8 Å². The normalized spacial score (nSPS) is 40.2. The van der Waals surface area contributed by atoms with Gasteiger partial charge in [0.2, 0.25) is 5.88 Å². The molecule has 2 heterocycles. The van der Waals surface area contributed by atoms with Crippen LogP contribution in [0.25, 0.3) is 0 Å². The van der Waals surface area contributed by atoms with Crippen LogP contribution in [0, 0.1) is 56.7 Å². The van der Waals surface area contributed by atoms with Crippen LogP contribution in [0.15, 0.2) is 53.8 Å². The van der Waals surface area contributed by atoms with Gasteiger partial charge in [-0.15, -0.1) is 0 Å². The minimum atomic E-state index is -2.89. The number of carboxylic acids is 1. The van der Waals surface area contributed by atoms with E-state index in [9.17, 15) is 23.1 Å². The van der Waals surface area contributed by atoms with E-state index in [4.69, 9.17) is 9.47 Å². The van der Waals surface area contributed by atoms with Crippen LogP contribution in [-0.4, -0.2) is 92.3 Å². The number of hydrogen-bond acceptors (Lipinski definition) is 9. The maximum absolute atomic E-state index is 12.9. The molecule has 6 aliphatic carbocycles. The first kappa shape index (κ1) is 44.6. The second kappa shape index (κ2) is 15.9. The third-order valence-corrected chi connectivity index (χ3v) is 20.7. The summed E-state index contributed by atoms with van der Waals surface area (Å²) in [6.07, 6.45) is 18.6. The topological polar surface area (TPSA) is 135 Å². The molecule has 61 heavy (non-hydrogen) atoms. The molecule has 10 nitrogen and oxygen atoms in total. The van der Waals surface area contributed by atoms with Crippen molar-refractivity contribution in [1.82, 2.24) is 15.2 Å². The number of allylic oxidation sites excluding steroid dienone is 5. The van der Waals surface area contributed by atoms with Gasteiger partial charge in [-0.1, -0.05) is 58.9 Å². The van der Waals surface area contributed by atoms with Gasteiger partial charge in [-0.25, -0.2) is 18.2 Å². The van der Waals surface area contributed by atoms with Crippen LogP contribution in [-0.2, 0) is 19.4 Å². The number of methoxy groups -OCH3 is 1. The number of carboxylic acid groups (broad SMARTS) is 1. The first-order valence-corrected chi connectivity index (χ1v) is 25.2. The van der Waals surface area contributed by atoms with E-state index >= 15 is 0 Å². The van der Waals surface area contributed by atoms with Gasteiger partial charge in [0.25, 0.3) is 0 Å². The molecule has 0 radical (unpaired) electrons. The molecule has 11 heteroatoms. The fraction of sp³-hybridized carbons (Fsp3) is 0.740. The van der Waals surface area contributed by atoms with E-state index in [1.807, 2.05) is 0 Å². The minimum Gasteiger partial charge on any atom is -0.481 e. The molecule has 2 N–H and O–H groups in total. The summed E-state index contributed by atoms with van der Waals surface area (Å²) in [4.78, 5) is 31.8. The van der Waals surface area contributed by atoms with Crippen LogP contribution < -0.4 is 10.1 Å². The van der Waals surface area contributed by atoms with Gasteiger partial charge in [-0.2, -0.15) is 0 Å². The number of rotatable bonds is 11. The summed E-state index contributed by atoms with van der Waals surface area (Å²) in [7, 11) is -1.58. The zero-order chi connectivity index (χ0) is 43.8. The van der Waals surface area contributed by atoms with Gasteiger partial charge in [0.1, 0.15) is 17.6 Å². The van der Waals surface area contributed by atoms with Crippen LogP contribution in [0.1, 0.15) is 129 Å². The molecule has 0 amide bonds. The average Bonchev–Trinajstić information content (AvgIpc) is 3.61. The van der Waals surface area contributed by atoms with E-state index in [-0.39, 0.29) is 56.8 Å². The Hall–Kier alpha value is -3.02. The summed E-state index contributed by atoms with van der Waals surface area (Å²) < 4.78 is 35.1. The Morgan fingerprint density at radius 2 is 1.70 bits per heavy atom. The molecule has 336 valence electrons. The highest BCUT2D eigenvalue weighted by molar-refractivity contribution is 7.91. The second-order valence-electron chi connectivity index (χ2n) is 22.0. The molecule has 0 spiro atoms. The molecule has 8 rings (SSSR count). The fourth-order valence-corrected chi connectivity index (χ4v) is 16.8. The fourth-order valence-electron chi connectivity index (χ4n) is 15.5. The van der Waals surface area contributed by atoms with Crippen LogP contribution in [0.4, 0.5) is 0 Å². The number of pyridine rings is 1. The number of aliphatic carboxylic acids is 1. The Balaban J connectivity index is 1.00. The summed E-state index contributed by atoms with van der Waals surface area (Å²) in [5.74, 6) is 2.10. The lowest BCUT2D eigenvalue weighted by molar-refractivity contribution is -0.221. The number of esters is 1. The van der Waals surface area contributed by atoms with Crippen LogP contribution in [0.5, 0.6) is 5.88 Å². The third kappa shape index (κ3) is 7.26. The maximum Gasteiger partial charge on any atom is 0.343 e. The lowest BCUT2D eigenvalue weighted by Crippen LogP contribution is -2.68. The van der Waals surface area contributed by atoms with Gasteiger partial charge in [0.15, 0.2) is 9.84 Å². The van der Waals surface area contributed by atoms with E-state index < -0.39 is 27.2 Å². The standard InChI is InChI=1S/C50H73N3O7S/c1-33(2)35-15-22-50(52-26-27-53-28-30-61(57,58)31-29-53)24-23-47(6)38(41(35)50)11-12-40-46(5)18-16-37(45(3,4)39(46)17-19-48(40,47)7)34-13-20-49(21-14-34,44(55)56)32-60-42-36(43(54)59-8)10-9-25-51-42/h9-10,13,16,25,35,38-41,52H,1,11-12,14-15,17-24,26-32H2,2-8H3,(H,55,56)/t35-,38+,39-,40+,41+,46-,47+,48+,49-,50-/m0/s1.